The first-order chi connectivity index (χ1) is 13.0. The Hall–Kier alpha value is -3.13. The van der Waals surface area contributed by atoms with Gasteiger partial charge in [0.25, 0.3) is 0 Å². The maximum Gasteiger partial charge on any atom is 0.225 e. The van der Waals surface area contributed by atoms with Gasteiger partial charge in [-0.05, 0) is 29.8 Å². The Morgan fingerprint density at radius 1 is 1.00 bits per heavy atom. The van der Waals surface area contributed by atoms with Crippen molar-refractivity contribution < 1.29 is 13.2 Å². The smallest absolute Gasteiger partial charge is 0.225 e. The lowest BCUT2D eigenvalue weighted by atomic mass is 10.2. The number of aromatic nitrogens is 4. The minimum atomic E-state index is -0.927. The van der Waals surface area contributed by atoms with E-state index in [-0.39, 0.29) is 28.9 Å². The highest BCUT2D eigenvalue weighted by Gasteiger charge is 2.15. The Kier molecular flexibility index (Phi) is 4.41. The number of nitrogens with one attached hydrogen (secondary N) is 2. The van der Waals surface area contributed by atoms with Crippen LogP contribution in [0, 0.1) is 17.5 Å². The van der Waals surface area contributed by atoms with Gasteiger partial charge < -0.3 is 10.3 Å². The van der Waals surface area contributed by atoms with Crippen molar-refractivity contribution in [3.05, 3.63) is 70.6 Å². The van der Waals surface area contributed by atoms with Gasteiger partial charge in [0.05, 0.1) is 16.8 Å². The van der Waals surface area contributed by atoms with E-state index in [4.69, 9.17) is 11.6 Å². The molecule has 0 saturated carbocycles. The average molecular weight is 390 g/mol. The van der Waals surface area contributed by atoms with Gasteiger partial charge in [0, 0.05) is 6.54 Å². The molecule has 0 fully saturated rings. The molecule has 0 aliphatic heterocycles. The molecule has 9 heteroatoms. The molecule has 0 aliphatic rings. The predicted molar refractivity (Wildman–Crippen MR) is 95.8 cm³/mol. The minimum absolute atomic E-state index is 0.147. The largest absolute Gasteiger partial charge is 0.350 e. The molecular formula is C18H11ClF3N5. The lowest BCUT2D eigenvalue weighted by Crippen LogP contribution is -2.04. The molecule has 0 radical (unpaired) electrons. The standard InChI is InChI=1S/C18H11ClF3N5/c19-10-2-1-3-12(21)15(10)17-25-14-8-24-18(27-16(14)26-17)23-7-9-4-5-11(20)13(22)6-9/h1-6,8H,7H2,(H2,23,24,25,26,27). The molecule has 0 spiro atoms. The van der Waals surface area contributed by atoms with E-state index in [0.29, 0.717) is 16.7 Å². The Labute approximate surface area is 156 Å². The highest BCUT2D eigenvalue weighted by Crippen LogP contribution is 2.29. The van der Waals surface area contributed by atoms with Crippen molar-refractivity contribution in [2.45, 2.75) is 6.54 Å². The first-order valence-electron chi connectivity index (χ1n) is 7.86. The Morgan fingerprint density at radius 2 is 1.85 bits per heavy atom. The summed E-state index contributed by atoms with van der Waals surface area (Å²) in [6.07, 6.45) is 1.49. The fraction of sp³-hybridized carbons (Fsp3) is 0.0556. The molecule has 0 bridgehead atoms. The number of nitrogens with zero attached hydrogens (tertiary/aromatic N) is 3. The van der Waals surface area contributed by atoms with Crippen molar-refractivity contribution in [2.75, 3.05) is 5.32 Å². The number of anilines is 1. The number of hydrogen-bond donors (Lipinski definition) is 2. The number of rotatable bonds is 4. The van der Waals surface area contributed by atoms with Gasteiger partial charge in [-0.15, -0.1) is 0 Å². The third-order valence-corrected chi connectivity index (χ3v) is 4.19. The predicted octanol–water partition coefficient (Wildman–Crippen LogP) is 4.70. The fourth-order valence-electron chi connectivity index (χ4n) is 2.57. The van der Waals surface area contributed by atoms with Crippen molar-refractivity contribution in [2.24, 2.45) is 0 Å². The zero-order valence-corrected chi connectivity index (χ0v) is 14.4. The molecule has 2 N–H and O–H groups in total. The first-order valence-corrected chi connectivity index (χ1v) is 8.24. The molecule has 27 heavy (non-hydrogen) atoms. The lowest BCUT2D eigenvalue weighted by Gasteiger charge is -2.04. The molecule has 0 atom stereocenters. The van der Waals surface area contributed by atoms with Crippen molar-refractivity contribution in [1.29, 1.82) is 0 Å². The van der Waals surface area contributed by atoms with E-state index >= 15 is 0 Å². The van der Waals surface area contributed by atoms with Crippen LogP contribution in [-0.2, 0) is 6.54 Å². The zero-order valence-electron chi connectivity index (χ0n) is 13.6. The van der Waals surface area contributed by atoms with Gasteiger partial charge in [0.15, 0.2) is 17.3 Å². The summed E-state index contributed by atoms with van der Waals surface area (Å²) in [5.41, 5.74) is 1.49. The third-order valence-electron chi connectivity index (χ3n) is 3.87. The summed E-state index contributed by atoms with van der Waals surface area (Å²) < 4.78 is 40.3. The van der Waals surface area contributed by atoms with Crippen LogP contribution in [-0.4, -0.2) is 19.9 Å². The van der Waals surface area contributed by atoms with Crippen LogP contribution in [0.1, 0.15) is 5.56 Å². The molecule has 4 rings (SSSR count). The van der Waals surface area contributed by atoms with Gasteiger partial charge in [-0.2, -0.15) is 4.98 Å². The van der Waals surface area contributed by atoms with Gasteiger partial charge in [-0.25, -0.2) is 23.1 Å². The number of benzene rings is 2. The van der Waals surface area contributed by atoms with Crippen molar-refractivity contribution in [1.82, 2.24) is 19.9 Å². The van der Waals surface area contributed by atoms with E-state index in [1.807, 2.05) is 0 Å². The zero-order chi connectivity index (χ0) is 19.0. The number of halogens is 4. The molecule has 5 nitrogen and oxygen atoms in total. The summed E-state index contributed by atoms with van der Waals surface area (Å²) >= 11 is 6.06. The van der Waals surface area contributed by atoms with E-state index in [1.165, 1.54) is 24.4 Å². The second-order valence-corrected chi connectivity index (χ2v) is 6.12. The minimum Gasteiger partial charge on any atom is -0.350 e. The maximum absolute atomic E-state index is 14.1. The quantitative estimate of drug-likeness (QED) is 0.531. The molecular weight excluding hydrogens is 379 g/mol. The first kappa shape index (κ1) is 17.3. The summed E-state index contributed by atoms with van der Waals surface area (Å²) in [4.78, 5) is 15.6. The van der Waals surface area contributed by atoms with Crippen LogP contribution in [0.5, 0.6) is 0 Å². The van der Waals surface area contributed by atoms with Crippen molar-refractivity contribution in [3.63, 3.8) is 0 Å². The molecule has 0 aliphatic carbocycles. The average Bonchev–Trinajstić information content (AvgIpc) is 3.05. The third kappa shape index (κ3) is 3.43. The van der Waals surface area contributed by atoms with Crippen LogP contribution < -0.4 is 5.32 Å². The molecule has 4 aromatic rings. The molecule has 0 unspecified atom stereocenters. The monoisotopic (exact) mass is 389 g/mol. The van der Waals surface area contributed by atoms with Gasteiger partial charge in [0.2, 0.25) is 5.95 Å². The summed E-state index contributed by atoms with van der Waals surface area (Å²) in [6, 6.07) is 7.95. The maximum atomic E-state index is 14.1. The molecule has 136 valence electrons. The van der Waals surface area contributed by atoms with Gasteiger partial charge in [-0.1, -0.05) is 23.7 Å². The number of H-pyrrole nitrogens is 1. The van der Waals surface area contributed by atoms with E-state index < -0.39 is 17.5 Å². The van der Waals surface area contributed by atoms with Crippen LogP contribution in [0.2, 0.25) is 5.02 Å². The van der Waals surface area contributed by atoms with Gasteiger partial charge >= 0.3 is 0 Å². The normalized spacial score (nSPS) is 11.1. The number of imidazole rings is 1. The van der Waals surface area contributed by atoms with Gasteiger partial charge in [-0.3, -0.25) is 0 Å². The summed E-state index contributed by atoms with van der Waals surface area (Å²) in [6.45, 7) is 0.194. The Balaban J connectivity index is 1.60. The highest BCUT2D eigenvalue weighted by atomic mass is 35.5. The van der Waals surface area contributed by atoms with Crippen LogP contribution in [0.15, 0.2) is 42.6 Å². The highest BCUT2D eigenvalue weighted by molar-refractivity contribution is 6.33. The molecule has 0 amide bonds. The van der Waals surface area contributed by atoms with E-state index in [2.05, 4.69) is 25.3 Å². The number of aromatic amines is 1. The summed E-state index contributed by atoms with van der Waals surface area (Å²) in [7, 11) is 0. The molecule has 2 heterocycles. The second-order valence-electron chi connectivity index (χ2n) is 5.71. The van der Waals surface area contributed by atoms with E-state index in [1.54, 1.807) is 6.07 Å². The fourth-order valence-corrected chi connectivity index (χ4v) is 2.82. The van der Waals surface area contributed by atoms with Crippen LogP contribution in [0.4, 0.5) is 19.1 Å². The van der Waals surface area contributed by atoms with Crippen LogP contribution >= 0.6 is 11.6 Å². The molecule has 0 saturated heterocycles. The van der Waals surface area contributed by atoms with Crippen molar-refractivity contribution >= 4 is 28.7 Å². The topological polar surface area (TPSA) is 66.5 Å². The van der Waals surface area contributed by atoms with E-state index in [0.717, 1.165) is 12.1 Å². The molecule has 2 aromatic heterocycles. The SMILES string of the molecule is Fc1ccc(CNc2ncc3[nH]c(-c4c(F)cccc4Cl)nc3n2)cc1F. The van der Waals surface area contributed by atoms with E-state index in [9.17, 15) is 13.2 Å². The molecule has 2 aromatic carbocycles. The Bertz CT molecular complexity index is 1130. The van der Waals surface area contributed by atoms with Crippen molar-refractivity contribution in [3.8, 4) is 11.4 Å². The second kappa shape index (κ2) is 6.88. The van der Waals surface area contributed by atoms with Gasteiger partial charge in [0.1, 0.15) is 17.2 Å². The number of fused-ring (bicyclic) bond motifs is 1. The summed E-state index contributed by atoms with van der Waals surface area (Å²) in [5.74, 6) is -1.87. The lowest BCUT2D eigenvalue weighted by molar-refractivity contribution is 0.507. The van der Waals surface area contributed by atoms with Crippen LogP contribution in [0.25, 0.3) is 22.6 Å². The van der Waals surface area contributed by atoms with Crippen LogP contribution in [0.3, 0.4) is 0 Å². The Morgan fingerprint density at radius 3 is 2.63 bits per heavy atom. The number of hydrogen-bond acceptors (Lipinski definition) is 4. The summed E-state index contributed by atoms with van der Waals surface area (Å²) in [5, 5.41) is 3.13.